The van der Waals surface area contributed by atoms with Crippen molar-refractivity contribution in [2.45, 2.75) is 38.5 Å². The van der Waals surface area contributed by atoms with Gasteiger partial charge in [-0.1, -0.05) is 90.6 Å². The van der Waals surface area contributed by atoms with Crippen LogP contribution in [0.4, 0.5) is 5.69 Å². The molecule has 4 aromatic carbocycles. The number of fused-ring (bicyclic) bond motifs is 6. The summed E-state index contributed by atoms with van der Waals surface area (Å²) in [6.45, 7) is 8.84. The van der Waals surface area contributed by atoms with Crippen LogP contribution in [0.25, 0.3) is 37.7 Å². The number of likely N-dealkylation sites (N-methyl/N-ethyl adjacent to an activating group) is 1. The Labute approximate surface area is 257 Å². The first-order valence-corrected chi connectivity index (χ1v) is 16.6. The van der Waals surface area contributed by atoms with E-state index in [4.69, 9.17) is 0 Å². The van der Waals surface area contributed by atoms with Gasteiger partial charge in [0.25, 0.3) is 0 Å². The minimum Gasteiger partial charge on any atom is -0.372 e. The smallest absolute Gasteiger partial charge is 0.0799 e. The van der Waals surface area contributed by atoms with Gasteiger partial charge in [0.15, 0.2) is 0 Å². The van der Waals surface area contributed by atoms with Gasteiger partial charge >= 0.3 is 0 Å². The highest BCUT2D eigenvalue weighted by molar-refractivity contribution is 8.04. The molecular formula is C38H36N2S2. The molecule has 0 N–H and O–H groups in total. The Hall–Kier alpha value is -3.73. The lowest BCUT2D eigenvalue weighted by Gasteiger charge is -2.25. The average molecular weight is 585 g/mol. The maximum absolute atomic E-state index is 2.54. The summed E-state index contributed by atoms with van der Waals surface area (Å²) in [5.74, 6) is 0. The van der Waals surface area contributed by atoms with Crippen LogP contribution in [-0.2, 0) is 0 Å². The van der Waals surface area contributed by atoms with Crippen LogP contribution in [0.15, 0.2) is 118 Å². The summed E-state index contributed by atoms with van der Waals surface area (Å²) in [5.41, 5.74) is 7.00. The monoisotopic (exact) mass is 584 g/mol. The van der Waals surface area contributed by atoms with Crippen molar-refractivity contribution in [1.29, 1.82) is 0 Å². The number of allylic oxidation sites excluding steroid dienone is 5. The van der Waals surface area contributed by atoms with Crippen molar-refractivity contribution in [3.05, 3.63) is 123 Å². The van der Waals surface area contributed by atoms with E-state index in [2.05, 4.69) is 135 Å². The maximum Gasteiger partial charge on any atom is 0.0799 e. The minimum atomic E-state index is 1.01. The van der Waals surface area contributed by atoms with Gasteiger partial charge in [-0.3, -0.25) is 0 Å². The van der Waals surface area contributed by atoms with E-state index in [1.54, 1.807) is 0 Å². The van der Waals surface area contributed by atoms with Gasteiger partial charge in [-0.25, -0.2) is 0 Å². The zero-order chi connectivity index (χ0) is 28.8. The third kappa shape index (κ3) is 4.58. The van der Waals surface area contributed by atoms with Crippen LogP contribution < -0.4 is 4.90 Å². The second-order valence-corrected chi connectivity index (χ2v) is 13.2. The molecule has 0 radical (unpaired) electrons. The summed E-state index contributed by atoms with van der Waals surface area (Å²) in [6, 6.07) is 26.5. The van der Waals surface area contributed by atoms with Crippen molar-refractivity contribution >= 4 is 66.5 Å². The first kappa shape index (κ1) is 27.1. The molecule has 0 saturated heterocycles. The molecule has 0 saturated carbocycles. The standard InChI is InChI=1S/C38H36N2S2/c1-5-40(6-2)36-28(19-23-34-25(3)30-21-17-26-11-7-9-13-31(26)37(30)41-34)15-16-29(36)20-24-35-39(4)33-22-18-27-12-8-10-14-32(27)38(33)42-35/h7-14,17-24H,5-6,15-16H2,1-4H3/b23-19+,29-20+,35-24-. The van der Waals surface area contributed by atoms with Crippen LogP contribution in [-0.4, -0.2) is 25.0 Å². The lowest BCUT2D eigenvalue weighted by molar-refractivity contribution is 0.389. The summed E-state index contributed by atoms with van der Waals surface area (Å²) in [4.78, 5) is 7.60. The molecule has 2 aliphatic rings. The Morgan fingerprint density at radius 1 is 0.786 bits per heavy atom. The van der Waals surface area contributed by atoms with Gasteiger partial charge in [0.1, 0.15) is 0 Å². The number of thioether (sulfide) groups is 1. The van der Waals surface area contributed by atoms with Crippen molar-refractivity contribution in [3.63, 3.8) is 0 Å². The highest BCUT2D eigenvalue weighted by Gasteiger charge is 2.25. The van der Waals surface area contributed by atoms with E-state index in [9.17, 15) is 0 Å². The quantitative estimate of drug-likeness (QED) is 0.196. The molecule has 0 spiro atoms. The van der Waals surface area contributed by atoms with Crippen LogP contribution in [0.2, 0.25) is 0 Å². The highest BCUT2D eigenvalue weighted by Crippen LogP contribution is 2.49. The topological polar surface area (TPSA) is 6.48 Å². The van der Waals surface area contributed by atoms with Gasteiger partial charge in [0.2, 0.25) is 0 Å². The van der Waals surface area contributed by atoms with E-state index in [1.807, 2.05) is 23.1 Å². The minimum absolute atomic E-state index is 1.01. The highest BCUT2D eigenvalue weighted by atomic mass is 32.2. The fourth-order valence-electron chi connectivity index (χ4n) is 6.50. The Kier molecular flexibility index (Phi) is 7.21. The average Bonchev–Trinajstić information content (AvgIpc) is 3.69. The Morgan fingerprint density at radius 2 is 1.50 bits per heavy atom. The Morgan fingerprint density at radius 3 is 2.29 bits per heavy atom. The summed E-state index contributed by atoms with van der Waals surface area (Å²) in [6.07, 6.45) is 11.7. The van der Waals surface area contributed by atoms with Gasteiger partial charge < -0.3 is 9.80 Å². The molecule has 1 aliphatic heterocycles. The number of anilines is 1. The predicted molar refractivity (Wildman–Crippen MR) is 187 cm³/mol. The zero-order valence-corrected chi connectivity index (χ0v) is 26.4. The lowest BCUT2D eigenvalue weighted by atomic mass is 10.1. The molecule has 0 amide bonds. The number of aryl methyl sites for hydroxylation is 1. The summed E-state index contributed by atoms with van der Waals surface area (Å²) < 4.78 is 1.40. The molecule has 4 heteroatoms. The normalized spacial score (nSPS) is 17.3. The molecule has 2 heterocycles. The molecule has 0 atom stereocenters. The van der Waals surface area contributed by atoms with Gasteiger partial charge in [-0.15, -0.1) is 11.3 Å². The van der Waals surface area contributed by atoms with Crippen molar-refractivity contribution in [1.82, 2.24) is 4.90 Å². The van der Waals surface area contributed by atoms with E-state index in [0.29, 0.717) is 0 Å². The first-order valence-electron chi connectivity index (χ1n) is 15.0. The van der Waals surface area contributed by atoms with Crippen molar-refractivity contribution in [2.75, 3.05) is 25.0 Å². The number of hydrogen-bond donors (Lipinski definition) is 0. The number of thiophene rings is 1. The second kappa shape index (κ2) is 11.2. The van der Waals surface area contributed by atoms with Crippen molar-refractivity contribution < 1.29 is 0 Å². The second-order valence-electron chi connectivity index (χ2n) is 11.1. The van der Waals surface area contributed by atoms with Gasteiger partial charge in [-0.2, -0.15) is 0 Å². The fraction of sp³-hybridized carbons (Fsp3) is 0.211. The molecule has 42 heavy (non-hydrogen) atoms. The summed E-state index contributed by atoms with van der Waals surface area (Å²) in [5, 5.41) is 7.97. The third-order valence-electron chi connectivity index (χ3n) is 8.84. The van der Waals surface area contributed by atoms with E-state index in [-0.39, 0.29) is 0 Å². The fourth-order valence-corrected chi connectivity index (χ4v) is 8.93. The largest absolute Gasteiger partial charge is 0.372 e. The summed E-state index contributed by atoms with van der Waals surface area (Å²) >= 11 is 3.82. The number of hydrogen-bond acceptors (Lipinski definition) is 4. The van der Waals surface area contributed by atoms with Crippen LogP contribution in [0.1, 0.15) is 37.1 Å². The van der Waals surface area contributed by atoms with Gasteiger partial charge in [0, 0.05) is 40.3 Å². The van der Waals surface area contributed by atoms with Gasteiger partial charge in [-0.05, 0) is 95.5 Å². The van der Waals surface area contributed by atoms with E-state index >= 15 is 0 Å². The molecule has 5 aromatic rings. The van der Waals surface area contributed by atoms with Crippen molar-refractivity contribution in [2.24, 2.45) is 0 Å². The predicted octanol–water partition coefficient (Wildman–Crippen LogP) is 10.9. The van der Waals surface area contributed by atoms with E-state index in [1.165, 1.54) is 74.5 Å². The van der Waals surface area contributed by atoms with Crippen LogP contribution in [0.3, 0.4) is 0 Å². The molecule has 0 bridgehead atoms. The number of nitrogens with zero attached hydrogens (tertiary/aromatic N) is 2. The maximum atomic E-state index is 2.54. The first-order chi connectivity index (χ1) is 20.6. The Bertz CT molecular complexity index is 1970. The lowest BCUT2D eigenvalue weighted by Crippen LogP contribution is -2.23. The number of rotatable bonds is 6. The molecule has 210 valence electrons. The molecule has 0 fully saturated rings. The number of benzene rings is 4. The molecule has 7 rings (SSSR count). The molecule has 0 unspecified atom stereocenters. The van der Waals surface area contributed by atoms with Crippen LogP contribution in [0.5, 0.6) is 0 Å². The molecule has 1 aliphatic carbocycles. The summed E-state index contributed by atoms with van der Waals surface area (Å²) in [7, 11) is 2.19. The third-order valence-corrected chi connectivity index (χ3v) is 11.4. The van der Waals surface area contributed by atoms with Crippen molar-refractivity contribution in [3.8, 4) is 0 Å². The zero-order valence-electron chi connectivity index (χ0n) is 24.8. The van der Waals surface area contributed by atoms with Gasteiger partial charge in [0.05, 0.1) is 10.7 Å². The molecular weight excluding hydrogens is 549 g/mol. The molecule has 2 nitrogen and oxygen atoms in total. The SMILES string of the molecule is CCN(CC)C1=C(/C=C/c2sc3c(ccc4ccccc43)c2C)CC/C1=C\C=C1/Sc2c(ccc3ccccc23)N1C. The van der Waals surface area contributed by atoms with Crippen LogP contribution >= 0.6 is 23.1 Å². The Balaban J connectivity index is 1.23. The van der Waals surface area contributed by atoms with E-state index < -0.39 is 0 Å². The van der Waals surface area contributed by atoms with E-state index in [0.717, 1.165) is 25.9 Å². The van der Waals surface area contributed by atoms with Crippen LogP contribution in [0, 0.1) is 6.92 Å². The molecule has 1 aromatic heterocycles.